The second-order valence-electron chi connectivity index (χ2n) is 18.1. The van der Waals surface area contributed by atoms with Crippen LogP contribution in [-0.2, 0) is 24.8 Å². The van der Waals surface area contributed by atoms with Crippen molar-refractivity contribution in [2.75, 3.05) is 75.4 Å². The number of nitro benzene ring substituents is 1. The van der Waals surface area contributed by atoms with Gasteiger partial charge in [-0.15, -0.1) is 0 Å². The molecule has 3 aromatic carbocycles. The van der Waals surface area contributed by atoms with Gasteiger partial charge in [0.05, 0.1) is 51.7 Å². The Morgan fingerprint density at radius 2 is 1.78 bits per heavy atom. The Morgan fingerprint density at radius 1 is 1.00 bits per heavy atom. The Kier molecular flexibility index (Phi) is 12.6. The van der Waals surface area contributed by atoms with Gasteiger partial charge in [0.25, 0.3) is 21.6 Å². The third-order valence-electron chi connectivity index (χ3n) is 12.8. The highest BCUT2D eigenvalue weighted by Crippen LogP contribution is 2.43. The number of anilines is 2. The number of carbonyl (C=O) groups excluding carboxylic acids is 1. The molecule has 0 bridgehead atoms. The molecule has 9 rings (SSSR count). The number of benzene rings is 3. The fourth-order valence-electron chi connectivity index (χ4n) is 9.15. The first kappa shape index (κ1) is 46.2. The van der Waals surface area contributed by atoms with E-state index in [1.807, 2.05) is 30.3 Å². The maximum Gasteiger partial charge on any atom is 0.293 e. The van der Waals surface area contributed by atoms with E-state index in [9.17, 15) is 31.7 Å². The lowest BCUT2D eigenvalue weighted by atomic mass is 9.72. The molecular formula is C46H51ClN10O8S2. The number of amides is 1. The zero-order valence-corrected chi connectivity index (χ0v) is 39.6. The van der Waals surface area contributed by atoms with Crippen LogP contribution >= 0.6 is 11.6 Å². The summed E-state index contributed by atoms with van der Waals surface area (Å²) < 4.78 is 62.5. The number of aromatic amines is 1. The smallest absolute Gasteiger partial charge is 0.293 e. The van der Waals surface area contributed by atoms with Crippen LogP contribution in [0, 0.1) is 15.5 Å². The zero-order chi connectivity index (χ0) is 47.3. The summed E-state index contributed by atoms with van der Waals surface area (Å²) >= 11 is 6.25. The van der Waals surface area contributed by atoms with Gasteiger partial charge < -0.3 is 19.9 Å². The Morgan fingerprint density at radius 3 is 2.52 bits per heavy atom. The number of carbonyl (C=O) groups is 1. The van der Waals surface area contributed by atoms with Gasteiger partial charge in [0.15, 0.2) is 0 Å². The number of nitrogens with zero attached hydrogens (tertiary/aromatic N) is 7. The van der Waals surface area contributed by atoms with Crippen LogP contribution in [0.1, 0.15) is 49.0 Å². The predicted octanol–water partition coefficient (Wildman–Crippen LogP) is 6.44. The lowest BCUT2D eigenvalue weighted by Gasteiger charge is -2.39. The molecule has 3 aliphatic rings. The zero-order valence-electron chi connectivity index (χ0n) is 37.2. The highest BCUT2D eigenvalue weighted by atomic mass is 35.5. The minimum atomic E-state index is -4.67. The fraction of sp³-hybridized carbons (Fsp3) is 0.370. The van der Waals surface area contributed by atoms with Crippen molar-refractivity contribution in [2.45, 2.75) is 44.1 Å². The molecule has 3 aromatic heterocycles. The Hall–Kier alpha value is -5.90. The number of ether oxygens (including phenoxy) is 1. The molecule has 0 radical (unpaired) electrons. The topological polar surface area (TPSA) is 218 Å². The largest absolute Gasteiger partial charge is 0.377 e. The first-order valence-electron chi connectivity index (χ1n) is 22.0. The van der Waals surface area contributed by atoms with Crippen molar-refractivity contribution >= 4 is 82.3 Å². The number of nitro groups is 1. The van der Waals surface area contributed by atoms with Crippen LogP contribution < -0.4 is 14.9 Å². The summed E-state index contributed by atoms with van der Waals surface area (Å²) in [5.74, 6) is -0.971. The van der Waals surface area contributed by atoms with Crippen molar-refractivity contribution in [3.8, 4) is 5.69 Å². The van der Waals surface area contributed by atoms with Crippen molar-refractivity contribution in [3.63, 3.8) is 0 Å². The monoisotopic (exact) mass is 970 g/mol. The summed E-state index contributed by atoms with van der Waals surface area (Å²) in [5, 5.41) is 21.3. The average Bonchev–Trinajstić information content (AvgIpc) is 3.94. The van der Waals surface area contributed by atoms with Gasteiger partial charge in [0.1, 0.15) is 16.9 Å². The fourth-order valence-corrected chi connectivity index (χ4v) is 11.1. The van der Waals surface area contributed by atoms with E-state index in [0.717, 1.165) is 68.4 Å². The molecule has 352 valence electrons. The average molecular weight is 972 g/mol. The third-order valence-corrected chi connectivity index (χ3v) is 15.7. The van der Waals surface area contributed by atoms with Gasteiger partial charge in [-0.25, -0.2) is 31.2 Å². The van der Waals surface area contributed by atoms with Crippen molar-refractivity contribution in [1.29, 1.82) is 0 Å². The number of aromatic nitrogens is 4. The molecule has 5 heterocycles. The third kappa shape index (κ3) is 10.0. The highest BCUT2D eigenvalue weighted by molar-refractivity contribution is 7.90. The number of H-pyrrole nitrogens is 1. The molecule has 2 saturated heterocycles. The van der Waals surface area contributed by atoms with Gasteiger partial charge in [-0.3, -0.25) is 19.8 Å². The molecule has 0 saturated carbocycles. The van der Waals surface area contributed by atoms with Crippen LogP contribution in [0.3, 0.4) is 0 Å². The molecule has 1 aliphatic carbocycles. The number of hydrogen-bond donors (Lipinski definition) is 3. The van der Waals surface area contributed by atoms with E-state index in [1.165, 1.54) is 27.1 Å². The Balaban J connectivity index is 0.962. The SMILES string of the molecule is CC1(C)CCC(CN2CCN(c3ccc(C(=O)NS(=O)(=O)c4ccc(NC[C@@H]5CN(S(C)(=O)=O)CCO5)c([N+](=O)[O-])c4)c(-n4ncc5nc6[nH]ccc6cc54)c3)CC2)=C(c2ccc(Cl)cc2)C1. The maximum atomic E-state index is 14.2. The molecule has 2 fully saturated rings. The van der Waals surface area contributed by atoms with Crippen molar-refractivity contribution < 1.29 is 31.3 Å². The van der Waals surface area contributed by atoms with Gasteiger partial charge in [0, 0.05) is 80.7 Å². The molecule has 67 heavy (non-hydrogen) atoms. The minimum absolute atomic E-state index is 0.00424. The molecular weight excluding hydrogens is 920 g/mol. The van der Waals surface area contributed by atoms with Gasteiger partial charge in [0.2, 0.25) is 10.0 Å². The van der Waals surface area contributed by atoms with Gasteiger partial charge in [-0.2, -0.15) is 9.40 Å². The summed E-state index contributed by atoms with van der Waals surface area (Å²) in [4.78, 5) is 37.7. The van der Waals surface area contributed by atoms with Crippen LogP contribution in [0.15, 0.2) is 95.7 Å². The summed E-state index contributed by atoms with van der Waals surface area (Å²) in [6.07, 6.45) is 6.98. The molecule has 6 aromatic rings. The summed E-state index contributed by atoms with van der Waals surface area (Å²) in [5.41, 5.74) is 6.62. The summed E-state index contributed by atoms with van der Waals surface area (Å²) in [6.45, 7) is 8.92. The molecule has 1 amide bonds. The van der Waals surface area contributed by atoms with Crippen molar-refractivity contribution in [1.82, 2.24) is 33.7 Å². The number of morpholine rings is 1. The van der Waals surface area contributed by atoms with Crippen LogP contribution in [-0.4, -0.2) is 128 Å². The number of fused-ring (bicyclic) bond motifs is 2. The number of pyridine rings is 1. The maximum absolute atomic E-state index is 14.2. The van der Waals surface area contributed by atoms with E-state index in [0.29, 0.717) is 40.5 Å². The van der Waals surface area contributed by atoms with E-state index in [1.54, 1.807) is 29.2 Å². The first-order valence-corrected chi connectivity index (χ1v) is 25.7. The second-order valence-corrected chi connectivity index (χ2v) is 22.2. The second kappa shape index (κ2) is 18.3. The van der Waals surface area contributed by atoms with E-state index in [4.69, 9.17) is 21.3 Å². The molecule has 21 heteroatoms. The van der Waals surface area contributed by atoms with E-state index in [-0.39, 0.29) is 42.9 Å². The van der Waals surface area contributed by atoms with Crippen LogP contribution in [0.4, 0.5) is 17.1 Å². The number of rotatable bonds is 13. The summed E-state index contributed by atoms with van der Waals surface area (Å²) in [6, 6.07) is 20.3. The minimum Gasteiger partial charge on any atom is -0.377 e. The Labute approximate surface area is 393 Å². The van der Waals surface area contributed by atoms with E-state index >= 15 is 0 Å². The standard InChI is InChI=1S/C46H51ClN10O8S2/c1-46(2)14-12-32(38(25-46)30-4-6-33(47)7-5-30)28-53-16-18-54(19-17-53)34-8-10-37(41(23-34)56-42-22-31-13-15-48-44(31)51-40(42)27-50-56)45(58)52-67(63,64)36-9-11-39(43(24-36)57(59)60)49-26-35-29-55(20-21-65-35)66(3,61)62/h4-11,13,15,22-24,27,35,49H,12,14,16-21,25-26,28-29H2,1-3H3,(H,48,51)(H,52,58)/t35-/m1/s1. The highest BCUT2D eigenvalue weighted by Gasteiger charge is 2.32. The van der Waals surface area contributed by atoms with Crippen molar-refractivity contribution in [3.05, 3.63) is 117 Å². The van der Waals surface area contributed by atoms with Crippen molar-refractivity contribution in [2.24, 2.45) is 5.41 Å². The molecule has 0 spiro atoms. The lowest BCUT2D eigenvalue weighted by Crippen LogP contribution is -2.47. The number of piperazine rings is 1. The number of hydrogen-bond acceptors (Lipinski definition) is 13. The number of nitrogens with one attached hydrogen (secondary N) is 3. The Bertz CT molecular complexity index is 3150. The van der Waals surface area contributed by atoms with Crippen LogP contribution in [0.2, 0.25) is 5.02 Å². The molecule has 1 atom stereocenters. The van der Waals surface area contributed by atoms with E-state index < -0.39 is 47.6 Å². The van der Waals surface area contributed by atoms with Crippen LogP contribution in [0.25, 0.3) is 33.3 Å². The molecule has 18 nitrogen and oxygen atoms in total. The van der Waals surface area contributed by atoms with Crippen LogP contribution in [0.5, 0.6) is 0 Å². The van der Waals surface area contributed by atoms with Gasteiger partial charge in [-0.1, -0.05) is 43.2 Å². The number of halogens is 1. The normalized spacial score (nSPS) is 18.7. The number of allylic oxidation sites excluding steroid dienone is 1. The van der Waals surface area contributed by atoms with E-state index in [2.05, 4.69) is 55.9 Å². The van der Waals surface area contributed by atoms with Gasteiger partial charge in [-0.05, 0) is 90.4 Å². The first-order chi connectivity index (χ1) is 31.9. The predicted molar refractivity (Wildman–Crippen MR) is 258 cm³/mol. The quantitative estimate of drug-likeness (QED) is 0.0840. The van der Waals surface area contributed by atoms with Gasteiger partial charge >= 0.3 is 0 Å². The molecule has 0 unspecified atom stereocenters. The summed E-state index contributed by atoms with van der Waals surface area (Å²) in [7, 11) is -8.14. The lowest BCUT2D eigenvalue weighted by molar-refractivity contribution is -0.384. The molecule has 3 N–H and O–H groups in total. The number of sulfonamides is 2. The molecule has 2 aliphatic heterocycles.